The monoisotopic (exact) mass is 381 g/mol. The number of aryl methyl sites for hydroxylation is 1. The fourth-order valence-corrected chi connectivity index (χ4v) is 3.76. The number of halogens is 1. The number of piperazine rings is 1. The molecule has 0 unspecified atom stereocenters. The number of carbonyl (C=O) groups excluding carboxylic acids is 2. The summed E-state index contributed by atoms with van der Waals surface area (Å²) in [4.78, 5) is 39.6. The van der Waals surface area contributed by atoms with Crippen LogP contribution >= 0.6 is 12.4 Å². The van der Waals surface area contributed by atoms with Gasteiger partial charge in [0.15, 0.2) is 0 Å². The molecule has 0 bridgehead atoms. The molecular formula is C17H24ClN5O3. The van der Waals surface area contributed by atoms with Gasteiger partial charge >= 0.3 is 5.97 Å². The number of carbonyl (C=O) groups is 2. The van der Waals surface area contributed by atoms with Gasteiger partial charge in [-0.1, -0.05) is 0 Å². The number of aromatic nitrogens is 2. The first-order valence-corrected chi connectivity index (χ1v) is 8.76. The summed E-state index contributed by atoms with van der Waals surface area (Å²) >= 11 is 0. The van der Waals surface area contributed by atoms with Crippen molar-refractivity contribution in [3.8, 4) is 0 Å². The number of likely N-dealkylation sites (N-methyl/N-ethyl adjacent to an activating group) is 1. The molecule has 3 saturated heterocycles. The minimum Gasteiger partial charge on any atom is -0.465 e. The van der Waals surface area contributed by atoms with E-state index in [9.17, 15) is 9.59 Å². The molecule has 4 heterocycles. The molecule has 3 fully saturated rings. The second-order valence-corrected chi connectivity index (χ2v) is 7.17. The maximum atomic E-state index is 12.8. The van der Waals surface area contributed by atoms with Crippen molar-refractivity contribution in [3.63, 3.8) is 0 Å². The molecule has 1 aromatic rings. The van der Waals surface area contributed by atoms with E-state index in [1.54, 1.807) is 11.1 Å². The van der Waals surface area contributed by atoms with Crippen LogP contribution in [0, 0.1) is 18.8 Å². The molecule has 0 radical (unpaired) electrons. The van der Waals surface area contributed by atoms with Gasteiger partial charge in [0.25, 0.3) is 5.91 Å². The van der Waals surface area contributed by atoms with Crippen molar-refractivity contribution in [1.82, 2.24) is 19.8 Å². The minimum atomic E-state index is -0.182. The van der Waals surface area contributed by atoms with E-state index in [-0.39, 0.29) is 36.1 Å². The maximum Gasteiger partial charge on any atom is 0.311 e. The quantitative estimate of drug-likeness (QED) is 0.677. The third-order valence-electron chi connectivity index (χ3n) is 5.45. The van der Waals surface area contributed by atoms with Gasteiger partial charge in [-0.05, 0) is 14.0 Å². The zero-order valence-electron chi connectivity index (χ0n) is 15.1. The first-order chi connectivity index (χ1) is 12.0. The predicted molar refractivity (Wildman–Crippen MR) is 97.6 cm³/mol. The van der Waals surface area contributed by atoms with E-state index in [0.29, 0.717) is 36.9 Å². The Bertz CT molecular complexity index is 708. The second kappa shape index (κ2) is 7.36. The highest BCUT2D eigenvalue weighted by Crippen LogP contribution is 2.31. The molecular weight excluding hydrogens is 358 g/mol. The molecule has 0 aliphatic carbocycles. The van der Waals surface area contributed by atoms with E-state index in [2.05, 4.69) is 26.8 Å². The summed E-state index contributed by atoms with van der Waals surface area (Å²) in [6, 6.07) is 0. The molecule has 1 aromatic heterocycles. The molecule has 4 rings (SSSR count). The van der Waals surface area contributed by atoms with Crippen molar-refractivity contribution < 1.29 is 14.3 Å². The van der Waals surface area contributed by atoms with Crippen LogP contribution in [0.3, 0.4) is 0 Å². The number of fused-ring (bicyclic) bond motifs is 1. The average molecular weight is 382 g/mol. The number of hydrogen-bond donors (Lipinski definition) is 0. The molecule has 3 aliphatic heterocycles. The van der Waals surface area contributed by atoms with Gasteiger partial charge in [-0.15, -0.1) is 12.4 Å². The van der Waals surface area contributed by atoms with Crippen molar-refractivity contribution in [3.05, 3.63) is 17.5 Å². The van der Waals surface area contributed by atoms with Crippen LogP contribution in [0.25, 0.3) is 0 Å². The van der Waals surface area contributed by atoms with E-state index in [0.717, 1.165) is 26.2 Å². The minimum absolute atomic E-state index is 0. The summed E-state index contributed by atoms with van der Waals surface area (Å²) in [6.45, 7) is 7.01. The number of likely N-dealkylation sites (tertiary alicyclic amines) is 1. The Morgan fingerprint density at radius 1 is 1.23 bits per heavy atom. The van der Waals surface area contributed by atoms with Gasteiger partial charge in [-0.2, -0.15) is 0 Å². The molecule has 0 spiro atoms. The fourth-order valence-electron chi connectivity index (χ4n) is 3.76. The third-order valence-corrected chi connectivity index (χ3v) is 5.45. The smallest absolute Gasteiger partial charge is 0.311 e. The van der Waals surface area contributed by atoms with Crippen molar-refractivity contribution in [2.45, 2.75) is 6.92 Å². The van der Waals surface area contributed by atoms with Crippen molar-refractivity contribution in [2.75, 3.05) is 57.8 Å². The maximum absolute atomic E-state index is 12.8. The standard InChI is InChI=1S/C17H23N5O3.ClH/c1-11-13(7-18-17(19-11)21-5-3-20(2)4-6-21)15(23)22-8-12-10-25-16(24)14(12)9-22;/h7,12,14H,3-6,8-10H2,1-2H3;1H/t12-,14-;/m1./s1. The van der Waals surface area contributed by atoms with Crippen LogP contribution in [0.1, 0.15) is 16.1 Å². The van der Waals surface area contributed by atoms with Crippen molar-refractivity contribution >= 4 is 30.2 Å². The van der Waals surface area contributed by atoms with Gasteiger partial charge in [0, 0.05) is 51.4 Å². The lowest BCUT2D eigenvalue weighted by atomic mass is 10.0. The molecule has 3 aliphatic rings. The van der Waals surface area contributed by atoms with Crippen molar-refractivity contribution in [2.24, 2.45) is 11.8 Å². The first kappa shape index (κ1) is 18.8. The summed E-state index contributed by atoms with van der Waals surface area (Å²) in [5.41, 5.74) is 1.21. The topological polar surface area (TPSA) is 78.9 Å². The number of ether oxygens (including phenoxy) is 1. The number of rotatable bonds is 2. The van der Waals surface area contributed by atoms with Crippen LogP contribution in [0.2, 0.25) is 0 Å². The van der Waals surface area contributed by atoms with Gasteiger partial charge in [-0.25, -0.2) is 9.97 Å². The van der Waals surface area contributed by atoms with E-state index < -0.39 is 0 Å². The van der Waals surface area contributed by atoms with Crippen LogP contribution < -0.4 is 4.90 Å². The number of esters is 1. The van der Waals surface area contributed by atoms with Gasteiger partial charge in [0.05, 0.1) is 23.8 Å². The molecule has 26 heavy (non-hydrogen) atoms. The SMILES string of the molecule is Cc1nc(N2CCN(C)CC2)ncc1C(=O)N1C[C@@H]2COC(=O)[C@@H]2C1.Cl. The van der Waals surface area contributed by atoms with Gasteiger partial charge in [-0.3, -0.25) is 9.59 Å². The van der Waals surface area contributed by atoms with Crippen molar-refractivity contribution in [1.29, 1.82) is 0 Å². The third kappa shape index (κ3) is 3.35. The Morgan fingerprint density at radius 2 is 1.96 bits per heavy atom. The number of nitrogens with zero attached hydrogens (tertiary/aromatic N) is 5. The largest absolute Gasteiger partial charge is 0.465 e. The highest BCUT2D eigenvalue weighted by molar-refractivity contribution is 5.95. The predicted octanol–water partition coefficient (Wildman–Crippen LogP) is 0.204. The first-order valence-electron chi connectivity index (χ1n) is 8.76. The number of hydrogen-bond acceptors (Lipinski definition) is 7. The highest BCUT2D eigenvalue weighted by Gasteiger charge is 2.45. The number of amides is 1. The summed E-state index contributed by atoms with van der Waals surface area (Å²) < 4.78 is 5.06. The van der Waals surface area contributed by atoms with E-state index >= 15 is 0 Å². The highest BCUT2D eigenvalue weighted by atomic mass is 35.5. The number of anilines is 1. The lowest BCUT2D eigenvalue weighted by molar-refractivity contribution is -0.141. The molecule has 2 atom stereocenters. The molecule has 0 saturated carbocycles. The second-order valence-electron chi connectivity index (χ2n) is 7.17. The van der Waals surface area contributed by atoms with Gasteiger partial charge in [0.1, 0.15) is 0 Å². The van der Waals surface area contributed by atoms with Crippen LogP contribution in [0.4, 0.5) is 5.95 Å². The zero-order valence-corrected chi connectivity index (χ0v) is 15.9. The molecule has 0 aromatic carbocycles. The Kier molecular flexibility index (Phi) is 5.34. The molecule has 0 N–H and O–H groups in total. The van der Waals surface area contributed by atoms with Crippen LogP contribution in [-0.4, -0.2) is 84.6 Å². The van der Waals surface area contributed by atoms with Gasteiger partial charge in [0.2, 0.25) is 5.95 Å². The normalized spacial score (nSPS) is 25.7. The van der Waals surface area contributed by atoms with E-state index in [1.807, 2.05) is 6.92 Å². The molecule has 1 amide bonds. The fraction of sp³-hybridized carbons (Fsp3) is 0.647. The summed E-state index contributed by atoms with van der Waals surface area (Å²) in [5, 5.41) is 0. The zero-order chi connectivity index (χ0) is 17.6. The van der Waals surface area contributed by atoms with Crippen LogP contribution in [-0.2, 0) is 9.53 Å². The Labute approximate surface area is 158 Å². The summed E-state index contributed by atoms with van der Waals surface area (Å²) in [6.07, 6.45) is 1.63. The molecule has 142 valence electrons. The Balaban J connectivity index is 0.00000196. The lowest BCUT2D eigenvalue weighted by Crippen LogP contribution is -2.45. The van der Waals surface area contributed by atoms with E-state index in [4.69, 9.17) is 4.74 Å². The van der Waals surface area contributed by atoms with Crippen LogP contribution in [0.5, 0.6) is 0 Å². The van der Waals surface area contributed by atoms with Crippen LogP contribution in [0.15, 0.2) is 6.20 Å². The van der Waals surface area contributed by atoms with E-state index in [1.165, 1.54) is 0 Å². The molecule has 8 nitrogen and oxygen atoms in total. The average Bonchev–Trinajstić information content (AvgIpc) is 3.17. The lowest BCUT2D eigenvalue weighted by Gasteiger charge is -2.32. The summed E-state index contributed by atoms with van der Waals surface area (Å²) in [5.74, 6) is 0.365. The van der Waals surface area contributed by atoms with Gasteiger partial charge < -0.3 is 19.4 Å². The number of cyclic esters (lactones) is 1. The summed E-state index contributed by atoms with van der Waals surface area (Å²) in [7, 11) is 2.10. The Morgan fingerprint density at radius 3 is 2.62 bits per heavy atom. The Hall–Kier alpha value is -1.93. The molecule has 9 heteroatoms.